The zero-order chi connectivity index (χ0) is 15.0. The van der Waals surface area contributed by atoms with Crippen molar-refractivity contribution in [2.75, 3.05) is 7.05 Å². The van der Waals surface area contributed by atoms with Gasteiger partial charge in [-0.2, -0.15) is 9.78 Å². The highest BCUT2D eigenvalue weighted by Gasteiger charge is 2.20. The summed E-state index contributed by atoms with van der Waals surface area (Å²) in [6, 6.07) is 8.59. The highest BCUT2D eigenvalue weighted by molar-refractivity contribution is 7.73. The molecular weight excluding hydrogens is 320 g/mol. The molecule has 21 heavy (non-hydrogen) atoms. The van der Waals surface area contributed by atoms with Crippen LogP contribution in [0.2, 0.25) is 0 Å². The summed E-state index contributed by atoms with van der Waals surface area (Å²) in [4.78, 5) is 6.08. The summed E-state index contributed by atoms with van der Waals surface area (Å²) in [7, 11) is 2.16. The molecule has 1 aromatic carbocycles. The van der Waals surface area contributed by atoms with Crippen LogP contribution < -0.4 is 4.90 Å². The average Bonchev–Trinajstić information content (AvgIpc) is 3.01. The molecule has 0 saturated carbocycles. The smallest absolute Gasteiger partial charge is 0.184 e. The molecule has 2 atom stereocenters. The maximum Gasteiger partial charge on any atom is 0.184 e. The number of nitrogens with one attached hydrogen (secondary N) is 1. The van der Waals surface area contributed by atoms with E-state index in [1.54, 1.807) is 22.7 Å². The minimum absolute atomic E-state index is 0.311. The van der Waals surface area contributed by atoms with E-state index in [2.05, 4.69) is 37.3 Å². The predicted molar refractivity (Wildman–Crippen MR) is 90.6 cm³/mol. The first-order chi connectivity index (χ1) is 10.0. The van der Waals surface area contributed by atoms with Crippen LogP contribution in [0.5, 0.6) is 0 Å². The van der Waals surface area contributed by atoms with Crippen molar-refractivity contribution in [3.8, 4) is 0 Å². The molecule has 3 rings (SSSR count). The number of aromatic nitrogens is 3. The molecule has 0 aliphatic carbocycles. The molecule has 0 amide bonds. The Morgan fingerprint density at radius 2 is 2.10 bits per heavy atom. The summed E-state index contributed by atoms with van der Waals surface area (Å²) in [5.41, 5.74) is 1.08. The van der Waals surface area contributed by atoms with Crippen molar-refractivity contribution in [1.29, 1.82) is 0 Å². The van der Waals surface area contributed by atoms with Gasteiger partial charge in [-0.05, 0) is 38.2 Å². The maximum absolute atomic E-state index is 5.34. The SMILES string of the molecule is Cc1nn(C[NH+](C)[C@H](C)c2nc3ccccc3s2)c(=S)s1. The van der Waals surface area contributed by atoms with Gasteiger partial charge in [0.05, 0.1) is 17.3 Å². The number of hydrogen-bond acceptors (Lipinski definition) is 5. The summed E-state index contributed by atoms with van der Waals surface area (Å²) in [5.74, 6) is 0. The van der Waals surface area contributed by atoms with E-state index in [4.69, 9.17) is 17.2 Å². The third-order valence-corrected chi connectivity index (χ3v) is 5.97. The van der Waals surface area contributed by atoms with Crippen LogP contribution >= 0.6 is 34.9 Å². The molecule has 2 aromatic heterocycles. The van der Waals surface area contributed by atoms with Crippen LogP contribution in [0.15, 0.2) is 24.3 Å². The lowest BCUT2D eigenvalue weighted by Crippen LogP contribution is -3.08. The zero-order valence-electron chi connectivity index (χ0n) is 12.2. The first-order valence-corrected chi connectivity index (χ1v) is 8.81. The lowest BCUT2D eigenvalue weighted by Gasteiger charge is -2.19. The Morgan fingerprint density at radius 1 is 1.33 bits per heavy atom. The number of rotatable bonds is 4. The first kappa shape index (κ1) is 14.8. The van der Waals surface area contributed by atoms with Gasteiger partial charge >= 0.3 is 0 Å². The number of quaternary nitrogens is 1. The quantitative estimate of drug-likeness (QED) is 0.744. The molecular formula is C14H17N4S3+. The lowest BCUT2D eigenvalue weighted by molar-refractivity contribution is -0.933. The molecule has 0 spiro atoms. The van der Waals surface area contributed by atoms with Crippen molar-refractivity contribution >= 4 is 45.1 Å². The highest BCUT2D eigenvalue weighted by atomic mass is 32.1. The van der Waals surface area contributed by atoms with Crippen LogP contribution in [0.1, 0.15) is 23.0 Å². The third kappa shape index (κ3) is 3.06. The van der Waals surface area contributed by atoms with Gasteiger partial charge in [0, 0.05) is 0 Å². The molecule has 7 heteroatoms. The molecule has 1 N–H and O–H groups in total. The van der Waals surface area contributed by atoms with E-state index in [-0.39, 0.29) is 0 Å². The number of aryl methyl sites for hydroxylation is 1. The van der Waals surface area contributed by atoms with Crippen LogP contribution in [0.25, 0.3) is 10.2 Å². The Labute approximate surface area is 136 Å². The van der Waals surface area contributed by atoms with E-state index >= 15 is 0 Å². The minimum Gasteiger partial charge on any atom is -0.311 e. The van der Waals surface area contributed by atoms with Gasteiger partial charge in [-0.15, -0.1) is 11.3 Å². The summed E-state index contributed by atoms with van der Waals surface area (Å²) in [5, 5.41) is 6.64. The van der Waals surface area contributed by atoms with Gasteiger partial charge in [0.25, 0.3) is 0 Å². The Balaban J connectivity index is 1.82. The second-order valence-corrected chi connectivity index (χ2v) is 8.02. The van der Waals surface area contributed by atoms with Gasteiger partial charge in [0.15, 0.2) is 15.6 Å². The van der Waals surface area contributed by atoms with E-state index in [9.17, 15) is 0 Å². The number of nitrogens with zero attached hydrogens (tertiary/aromatic N) is 3. The molecule has 3 aromatic rings. The molecule has 0 fully saturated rings. The van der Waals surface area contributed by atoms with Crippen molar-refractivity contribution < 1.29 is 4.90 Å². The van der Waals surface area contributed by atoms with Gasteiger partial charge < -0.3 is 4.90 Å². The van der Waals surface area contributed by atoms with Gasteiger partial charge in [0.2, 0.25) is 0 Å². The summed E-state index contributed by atoms with van der Waals surface area (Å²) in [6.45, 7) is 4.96. The topological polar surface area (TPSA) is 35.2 Å². The van der Waals surface area contributed by atoms with Crippen LogP contribution in [0.3, 0.4) is 0 Å². The molecule has 0 aliphatic rings. The van der Waals surface area contributed by atoms with Gasteiger partial charge in [-0.3, -0.25) is 0 Å². The zero-order valence-corrected chi connectivity index (χ0v) is 14.6. The van der Waals surface area contributed by atoms with Gasteiger partial charge in [-0.25, -0.2) is 4.98 Å². The summed E-state index contributed by atoms with van der Waals surface area (Å²) < 4.78 is 3.99. The van der Waals surface area contributed by atoms with E-state index in [0.29, 0.717) is 6.04 Å². The number of benzene rings is 1. The van der Waals surface area contributed by atoms with Crippen molar-refractivity contribution in [3.05, 3.63) is 38.2 Å². The van der Waals surface area contributed by atoms with Crippen LogP contribution in [-0.2, 0) is 6.67 Å². The average molecular weight is 338 g/mol. The Kier molecular flexibility index (Phi) is 4.17. The molecule has 1 unspecified atom stereocenters. The molecule has 4 nitrogen and oxygen atoms in total. The summed E-state index contributed by atoms with van der Waals surface area (Å²) in [6.07, 6.45) is 0. The summed E-state index contributed by atoms with van der Waals surface area (Å²) >= 11 is 8.67. The van der Waals surface area contributed by atoms with E-state index in [1.165, 1.54) is 9.60 Å². The van der Waals surface area contributed by atoms with Crippen LogP contribution in [0, 0.1) is 10.9 Å². The number of fused-ring (bicyclic) bond motifs is 1. The Bertz CT molecular complexity index is 784. The third-order valence-electron chi connectivity index (χ3n) is 3.53. The Hall–Kier alpha value is -1.15. The first-order valence-electron chi connectivity index (χ1n) is 6.77. The van der Waals surface area contributed by atoms with E-state index in [0.717, 1.165) is 26.2 Å². The molecule has 0 aliphatic heterocycles. The lowest BCUT2D eigenvalue weighted by atomic mass is 10.3. The van der Waals surface area contributed by atoms with E-state index in [1.807, 2.05) is 17.7 Å². The fourth-order valence-corrected chi connectivity index (χ4v) is 4.35. The molecule has 0 radical (unpaired) electrons. The second-order valence-electron chi connectivity index (χ2n) is 5.13. The van der Waals surface area contributed by atoms with Crippen LogP contribution in [0.4, 0.5) is 0 Å². The standard InChI is InChI=1S/C14H16N4S3/c1-9(13-15-11-6-4-5-7-12(11)21-13)17(3)8-18-14(19)20-10(2)16-18/h4-7,9H,8H2,1-3H3/p+1/t9-/m1/s1. The number of thiazole rings is 1. The van der Waals surface area contributed by atoms with Crippen molar-refractivity contribution in [2.45, 2.75) is 26.6 Å². The minimum atomic E-state index is 0.311. The van der Waals surface area contributed by atoms with Gasteiger partial charge in [0.1, 0.15) is 11.0 Å². The predicted octanol–water partition coefficient (Wildman–Crippen LogP) is 2.83. The number of hydrogen-bond donors (Lipinski definition) is 1. The van der Waals surface area contributed by atoms with Gasteiger partial charge in [-0.1, -0.05) is 23.5 Å². The fraction of sp³-hybridized carbons (Fsp3) is 0.357. The monoisotopic (exact) mass is 337 g/mol. The molecule has 2 heterocycles. The fourth-order valence-electron chi connectivity index (χ4n) is 2.17. The van der Waals surface area contributed by atoms with Crippen molar-refractivity contribution in [3.63, 3.8) is 0 Å². The van der Waals surface area contributed by atoms with Crippen molar-refractivity contribution in [1.82, 2.24) is 14.8 Å². The number of para-hydroxylation sites is 1. The van der Waals surface area contributed by atoms with Crippen molar-refractivity contribution in [2.24, 2.45) is 0 Å². The highest BCUT2D eigenvalue weighted by Crippen LogP contribution is 2.24. The largest absolute Gasteiger partial charge is 0.311 e. The van der Waals surface area contributed by atoms with E-state index < -0.39 is 0 Å². The Morgan fingerprint density at radius 3 is 2.76 bits per heavy atom. The van der Waals surface area contributed by atoms with Crippen LogP contribution in [-0.4, -0.2) is 21.8 Å². The normalized spacial score (nSPS) is 14.4. The molecule has 0 bridgehead atoms. The maximum atomic E-state index is 5.34. The molecule has 110 valence electrons. The molecule has 0 saturated heterocycles. The second kappa shape index (κ2) is 5.92.